The van der Waals surface area contributed by atoms with Gasteiger partial charge in [-0.2, -0.15) is 0 Å². The number of morpholine rings is 1. The molecule has 0 radical (unpaired) electrons. The quantitative estimate of drug-likeness (QED) is 0.582. The molecule has 7 nitrogen and oxygen atoms in total. The summed E-state index contributed by atoms with van der Waals surface area (Å²) < 4.78 is 11.4. The number of Topliss-reactive ketones (excluding diaryl/α,β-unsaturated/α-hetero) is 2. The smallest absolute Gasteiger partial charge is 0.265 e. The summed E-state index contributed by atoms with van der Waals surface area (Å²) in [4.78, 5) is 41.4. The second-order valence-corrected chi connectivity index (χ2v) is 9.82. The highest BCUT2D eigenvalue weighted by Crippen LogP contribution is 2.35. The molecule has 1 aromatic heterocycles. The van der Waals surface area contributed by atoms with Crippen molar-refractivity contribution in [2.75, 3.05) is 26.3 Å². The van der Waals surface area contributed by atoms with Crippen LogP contribution in [0.25, 0.3) is 0 Å². The zero-order valence-corrected chi connectivity index (χ0v) is 19.4. The average molecular weight is 469 g/mol. The molecular formula is C25H28N2O5S. The monoisotopic (exact) mass is 468 g/mol. The molecule has 8 heteroatoms. The van der Waals surface area contributed by atoms with E-state index in [2.05, 4.69) is 29.2 Å². The number of rotatable bonds is 7. The number of nitrogens with zero attached hydrogens (tertiary/aromatic N) is 2. The van der Waals surface area contributed by atoms with Crippen molar-refractivity contribution in [3.8, 4) is 0 Å². The van der Waals surface area contributed by atoms with Gasteiger partial charge in [0.1, 0.15) is 5.78 Å². The van der Waals surface area contributed by atoms with Crippen molar-refractivity contribution < 1.29 is 23.9 Å². The van der Waals surface area contributed by atoms with E-state index in [0.717, 1.165) is 49.5 Å². The Kier molecular flexibility index (Phi) is 6.69. The number of carbonyl (C=O) groups is 3. The molecular weight excluding hydrogens is 440 g/mol. The van der Waals surface area contributed by atoms with Gasteiger partial charge in [0.2, 0.25) is 0 Å². The first-order valence-corrected chi connectivity index (χ1v) is 12.4. The minimum Gasteiger partial charge on any atom is -0.379 e. The molecule has 1 atom stereocenters. The number of ether oxygens (including phenoxy) is 2. The van der Waals surface area contributed by atoms with Crippen LogP contribution in [-0.4, -0.2) is 59.6 Å². The fourth-order valence-corrected chi connectivity index (χ4v) is 5.77. The van der Waals surface area contributed by atoms with Crippen molar-refractivity contribution in [1.29, 1.82) is 0 Å². The third-order valence-corrected chi connectivity index (χ3v) is 7.70. The maximum atomic E-state index is 12.9. The van der Waals surface area contributed by atoms with Crippen LogP contribution in [0.2, 0.25) is 0 Å². The fourth-order valence-electron chi connectivity index (χ4n) is 4.74. The van der Waals surface area contributed by atoms with Crippen LogP contribution < -0.4 is 0 Å². The largest absolute Gasteiger partial charge is 0.379 e. The van der Waals surface area contributed by atoms with E-state index in [0.29, 0.717) is 37.5 Å². The van der Waals surface area contributed by atoms with Crippen molar-refractivity contribution >= 4 is 28.8 Å². The topological polar surface area (TPSA) is 76.2 Å². The van der Waals surface area contributed by atoms with E-state index in [1.165, 1.54) is 16.9 Å². The van der Waals surface area contributed by atoms with Gasteiger partial charge < -0.3 is 14.4 Å². The second-order valence-electron chi connectivity index (χ2n) is 8.94. The number of ketones is 2. The summed E-state index contributed by atoms with van der Waals surface area (Å²) in [5.41, 5.74) is 4.38. The van der Waals surface area contributed by atoms with Crippen molar-refractivity contribution in [3.05, 3.63) is 56.8 Å². The van der Waals surface area contributed by atoms with Crippen molar-refractivity contribution in [3.63, 3.8) is 0 Å². The molecule has 2 aliphatic heterocycles. The second kappa shape index (κ2) is 9.85. The number of thiophene rings is 1. The number of carbonyl (C=O) groups excluding carboxylic acids is 3. The van der Waals surface area contributed by atoms with E-state index >= 15 is 0 Å². The lowest BCUT2D eigenvalue weighted by molar-refractivity contribution is -0.133. The van der Waals surface area contributed by atoms with Gasteiger partial charge in [-0.15, -0.1) is 11.3 Å². The molecule has 0 N–H and O–H groups in total. The Bertz CT molecular complexity index is 1040. The first-order valence-electron chi connectivity index (χ1n) is 11.5. The molecule has 174 valence electrons. The normalized spacial score (nSPS) is 21.6. The predicted octanol–water partition coefficient (Wildman–Crippen LogP) is 2.94. The lowest BCUT2D eigenvalue weighted by Crippen LogP contribution is -2.44. The Hall–Kier alpha value is -2.39. The standard InChI is InChI=1S/C25H28N2O5S/c28-20-5-6-22(23(29)11-20)27-13-21-19(16-33-24(21)25(27)30)15-32-14-18-3-1-17(2-4-18)12-26-7-9-31-10-8-26/h1-4,16,22H,5-15H2/t22-/m0/s1. The van der Waals surface area contributed by atoms with E-state index in [1.54, 1.807) is 4.90 Å². The lowest BCUT2D eigenvalue weighted by atomic mass is 9.92. The summed E-state index contributed by atoms with van der Waals surface area (Å²) in [6.45, 7) is 5.86. The molecule has 1 saturated carbocycles. The Labute approximate surface area is 197 Å². The van der Waals surface area contributed by atoms with Crippen LogP contribution >= 0.6 is 11.3 Å². The van der Waals surface area contributed by atoms with E-state index < -0.39 is 6.04 Å². The van der Waals surface area contributed by atoms with Gasteiger partial charge in [-0.05, 0) is 28.5 Å². The molecule has 0 bridgehead atoms. The summed E-state index contributed by atoms with van der Waals surface area (Å²) in [5.74, 6) is -0.254. The maximum Gasteiger partial charge on any atom is 0.265 e. The van der Waals surface area contributed by atoms with Crippen LogP contribution in [0, 0.1) is 0 Å². The molecule has 5 rings (SSSR count). The lowest BCUT2D eigenvalue weighted by Gasteiger charge is -2.29. The first kappa shape index (κ1) is 22.4. The number of hydrogen-bond acceptors (Lipinski definition) is 7. The van der Waals surface area contributed by atoms with Gasteiger partial charge in [-0.1, -0.05) is 24.3 Å². The van der Waals surface area contributed by atoms with Crippen molar-refractivity contribution in [1.82, 2.24) is 9.80 Å². The van der Waals surface area contributed by atoms with Crippen LogP contribution in [0.1, 0.15) is 51.2 Å². The minimum atomic E-state index is -0.473. The number of hydrogen-bond donors (Lipinski definition) is 0. The third kappa shape index (κ3) is 4.94. The fraction of sp³-hybridized carbons (Fsp3) is 0.480. The highest BCUT2D eigenvalue weighted by atomic mass is 32.1. The van der Waals surface area contributed by atoms with Gasteiger partial charge in [0, 0.05) is 38.2 Å². The van der Waals surface area contributed by atoms with E-state index in [1.807, 2.05) is 5.38 Å². The van der Waals surface area contributed by atoms with Crippen molar-refractivity contribution in [2.45, 2.75) is 51.6 Å². The summed E-state index contributed by atoms with van der Waals surface area (Å²) in [7, 11) is 0. The van der Waals surface area contributed by atoms with Gasteiger partial charge in [0.15, 0.2) is 5.78 Å². The minimum absolute atomic E-state index is 0.0270. The van der Waals surface area contributed by atoms with Crippen molar-refractivity contribution in [2.24, 2.45) is 0 Å². The van der Waals surface area contributed by atoms with Crippen LogP contribution in [0.3, 0.4) is 0 Å². The molecule has 1 aromatic carbocycles. The maximum absolute atomic E-state index is 12.9. The summed E-state index contributed by atoms with van der Waals surface area (Å²) in [6, 6.07) is 8.04. The Morgan fingerprint density at radius 2 is 1.79 bits per heavy atom. The van der Waals surface area contributed by atoms with Crippen LogP contribution in [0.15, 0.2) is 29.6 Å². The number of benzene rings is 1. The molecule has 3 heterocycles. The summed E-state index contributed by atoms with van der Waals surface area (Å²) in [5, 5.41) is 1.98. The molecule has 0 spiro atoms. The van der Waals surface area contributed by atoms with Gasteiger partial charge in [0.25, 0.3) is 5.91 Å². The number of amides is 1. The summed E-state index contributed by atoms with van der Waals surface area (Å²) >= 11 is 1.42. The van der Waals surface area contributed by atoms with Gasteiger partial charge in [-0.3, -0.25) is 19.3 Å². The van der Waals surface area contributed by atoms with Crippen LogP contribution in [0.5, 0.6) is 0 Å². The zero-order chi connectivity index (χ0) is 22.8. The van der Waals surface area contributed by atoms with Gasteiger partial charge >= 0.3 is 0 Å². The highest BCUT2D eigenvalue weighted by Gasteiger charge is 2.40. The molecule has 2 fully saturated rings. The SMILES string of the molecule is O=C1CC[C@H](N2Cc3c(COCc4ccc(CN5CCOCC5)cc4)csc3C2=O)C(=O)C1. The molecule has 1 saturated heterocycles. The molecule has 1 aliphatic carbocycles. The average Bonchev–Trinajstić information content (AvgIpc) is 3.36. The summed E-state index contributed by atoms with van der Waals surface area (Å²) in [6.07, 6.45) is 0.754. The molecule has 2 aromatic rings. The van der Waals surface area contributed by atoms with Gasteiger partial charge in [0.05, 0.1) is 43.8 Å². The molecule has 33 heavy (non-hydrogen) atoms. The highest BCUT2D eigenvalue weighted by molar-refractivity contribution is 7.12. The predicted molar refractivity (Wildman–Crippen MR) is 123 cm³/mol. The number of fused-ring (bicyclic) bond motifs is 1. The third-order valence-electron chi connectivity index (χ3n) is 6.64. The molecule has 1 amide bonds. The van der Waals surface area contributed by atoms with E-state index in [4.69, 9.17) is 9.47 Å². The Morgan fingerprint density at radius 3 is 2.55 bits per heavy atom. The molecule has 0 unspecified atom stereocenters. The Balaban J connectivity index is 1.14. The Morgan fingerprint density at radius 1 is 1.03 bits per heavy atom. The van der Waals surface area contributed by atoms with Crippen LogP contribution in [0.4, 0.5) is 0 Å². The van der Waals surface area contributed by atoms with Gasteiger partial charge in [-0.25, -0.2) is 0 Å². The van der Waals surface area contributed by atoms with Crippen LogP contribution in [-0.2, 0) is 45.4 Å². The van der Waals surface area contributed by atoms with E-state index in [9.17, 15) is 14.4 Å². The molecule has 3 aliphatic rings. The first-order chi connectivity index (χ1) is 16.1. The zero-order valence-electron chi connectivity index (χ0n) is 18.6. The van der Waals surface area contributed by atoms with E-state index in [-0.39, 0.29) is 23.9 Å².